The molecule has 1 aromatic heterocycles. The highest BCUT2D eigenvalue weighted by Crippen LogP contribution is 2.10. The maximum absolute atomic E-state index is 12.2. The third-order valence-electron chi connectivity index (χ3n) is 2.80. The summed E-state index contributed by atoms with van der Waals surface area (Å²) < 4.78 is 1.26. The number of carbonyl (C=O) groups is 1. The molecule has 2 rings (SSSR count). The lowest BCUT2D eigenvalue weighted by Crippen LogP contribution is -2.33. The van der Waals surface area contributed by atoms with Gasteiger partial charge in [-0.2, -0.15) is 0 Å². The fraction of sp³-hybridized carbons (Fsp3) is 0.308. The van der Waals surface area contributed by atoms with Crippen LogP contribution in [0.5, 0.6) is 0 Å². The molecule has 1 amide bonds. The molecule has 0 spiro atoms. The van der Waals surface area contributed by atoms with E-state index in [0.717, 1.165) is 5.56 Å². The summed E-state index contributed by atoms with van der Waals surface area (Å²) >= 11 is 0. The Morgan fingerprint density at radius 1 is 1.47 bits per heavy atom. The van der Waals surface area contributed by atoms with Crippen molar-refractivity contribution < 1.29 is 9.90 Å². The van der Waals surface area contributed by atoms with Crippen LogP contribution in [0.4, 0.5) is 0 Å². The van der Waals surface area contributed by atoms with E-state index in [1.165, 1.54) is 10.9 Å². The van der Waals surface area contributed by atoms with Crippen molar-refractivity contribution in [1.29, 1.82) is 0 Å². The Hall–Kier alpha value is -2.21. The molecule has 0 saturated heterocycles. The number of amides is 1. The predicted molar refractivity (Wildman–Crippen MR) is 70.8 cm³/mol. The molecule has 2 aromatic rings. The number of hydrogen-bond acceptors (Lipinski definition) is 4. The topological polar surface area (TPSA) is 84.2 Å². The number of nitrogens with zero attached hydrogens (tertiary/aromatic N) is 2. The highest BCUT2D eigenvalue weighted by atomic mass is 16.3. The standard InChI is InChI=1S/C13H15N3O3/c1-9-3-2-4-10-12(9)15-8-16(13(10)19)7-11(18)14-5-6-17/h2-4,8,17H,5-7H2,1H3,(H,14,18). The van der Waals surface area contributed by atoms with Gasteiger partial charge in [0.15, 0.2) is 0 Å². The summed E-state index contributed by atoms with van der Waals surface area (Å²) in [4.78, 5) is 27.9. The van der Waals surface area contributed by atoms with Crippen LogP contribution in [0, 0.1) is 6.92 Å². The maximum atomic E-state index is 12.2. The maximum Gasteiger partial charge on any atom is 0.261 e. The quantitative estimate of drug-likeness (QED) is 0.799. The Kier molecular flexibility index (Phi) is 3.91. The Morgan fingerprint density at radius 3 is 3.00 bits per heavy atom. The third kappa shape index (κ3) is 2.79. The minimum absolute atomic E-state index is 0.101. The van der Waals surface area contributed by atoms with Gasteiger partial charge in [-0.1, -0.05) is 12.1 Å². The summed E-state index contributed by atoms with van der Waals surface area (Å²) in [6.07, 6.45) is 1.37. The Labute approximate surface area is 109 Å². The Bertz CT molecular complexity index is 664. The molecule has 0 aliphatic heterocycles. The first-order valence-electron chi connectivity index (χ1n) is 5.96. The smallest absolute Gasteiger partial charge is 0.261 e. The number of aromatic nitrogens is 2. The molecule has 0 atom stereocenters. The second kappa shape index (κ2) is 5.62. The number of nitrogens with one attached hydrogen (secondary N) is 1. The van der Waals surface area contributed by atoms with Gasteiger partial charge in [0, 0.05) is 6.54 Å². The van der Waals surface area contributed by atoms with Crippen molar-refractivity contribution in [2.45, 2.75) is 13.5 Å². The summed E-state index contributed by atoms with van der Waals surface area (Å²) in [5, 5.41) is 11.6. The number of aryl methyl sites for hydroxylation is 1. The fourth-order valence-corrected chi connectivity index (χ4v) is 1.86. The monoisotopic (exact) mass is 261 g/mol. The van der Waals surface area contributed by atoms with Crippen molar-refractivity contribution in [2.75, 3.05) is 13.2 Å². The van der Waals surface area contributed by atoms with Crippen LogP contribution >= 0.6 is 0 Å². The molecule has 0 fully saturated rings. The number of aliphatic hydroxyl groups is 1. The van der Waals surface area contributed by atoms with Crippen LogP contribution < -0.4 is 10.9 Å². The zero-order chi connectivity index (χ0) is 13.8. The molecule has 0 radical (unpaired) electrons. The SMILES string of the molecule is Cc1cccc2c(=O)n(CC(=O)NCCO)cnc12. The average Bonchev–Trinajstić information content (AvgIpc) is 2.40. The molecule has 0 unspecified atom stereocenters. The predicted octanol–water partition coefficient (Wildman–Crippen LogP) is -0.187. The summed E-state index contributed by atoms with van der Waals surface area (Å²) in [5.74, 6) is -0.329. The lowest BCUT2D eigenvalue weighted by molar-refractivity contribution is -0.121. The third-order valence-corrected chi connectivity index (χ3v) is 2.80. The fourth-order valence-electron chi connectivity index (χ4n) is 1.86. The molecule has 19 heavy (non-hydrogen) atoms. The van der Waals surface area contributed by atoms with Crippen molar-refractivity contribution in [3.63, 3.8) is 0 Å². The average molecular weight is 261 g/mol. The number of carbonyl (C=O) groups excluding carboxylic acids is 1. The molecule has 0 bridgehead atoms. The number of rotatable bonds is 4. The molecule has 1 heterocycles. The van der Waals surface area contributed by atoms with Crippen molar-refractivity contribution in [2.24, 2.45) is 0 Å². The molecular formula is C13H15N3O3. The first-order valence-corrected chi connectivity index (χ1v) is 5.96. The number of benzene rings is 1. The van der Waals surface area contributed by atoms with Crippen molar-refractivity contribution in [3.8, 4) is 0 Å². The van der Waals surface area contributed by atoms with Crippen molar-refractivity contribution >= 4 is 16.8 Å². The zero-order valence-electron chi connectivity index (χ0n) is 10.6. The van der Waals surface area contributed by atoms with Gasteiger partial charge in [-0.3, -0.25) is 14.2 Å². The lowest BCUT2D eigenvalue weighted by Gasteiger charge is -2.07. The van der Waals surface area contributed by atoms with E-state index in [0.29, 0.717) is 10.9 Å². The van der Waals surface area contributed by atoms with Gasteiger partial charge < -0.3 is 10.4 Å². The molecule has 0 saturated carbocycles. The number of fused-ring (bicyclic) bond motifs is 1. The van der Waals surface area contributed by atoms with Crippen LogP contribution in [0.2, 0.25) is 0 Å². The molecule has 100 valence electrons. The van der Waals surface area contributed by atoms with Crippen molar-refractivity contribution in [1.82, 2.24) is 14.9 Å². The summed E-state index contributed by atoms with van der Waals surface area (Å²) in [6, 6.07) is 5.36. The molecular weight excluding hydrogens is 246 g/mol. The second-order valence-corrected chi connectivity index (χ2v) is 4.22. The van der Waals surface area contributed by atoms with Crippen LogP contribution in [0.3, 0.4) is 0 Å². The summed E-state index contributed by atoms with van der Waals surface area (Å²) in [7, 11) is 0. The van der Waals surface area contributed by atoms with Crippen molar-refractivity contribution in [3.05, 3.63) is 40.4 Å². The normalized spacial score (nSPS) is 10.6. The summed E-state index contributed by atoms with van der Waals surface area (Å²) in [6.45, 7) is 1.83. The second-order valence-electron chi connectivity index (χ2n) is 4.22. The molecule has 1 aromatic carbocycles. The van der Waals surface area contributed by atoms with Crippen LogP contribution in [-0.2, 0) is 11.3 Å². The van der Waals surface area contributed by atoms with Gasteiger partial charge in [0.1, 0.15) is 6.54 Å². The molecule has 0 aliphatic rings. The van der Waals surface area contributed by atoms with E-state index < -0.39 is 0 Å². The van der Waals surface area contributed by atoms with E-state index in [9.17, 15) is 9.59 Å². The van der Waals surface area contributed by atoms with Crippen LogP contribution in [-0.4, -0.2) is 33.7 Å². The highest BCUT2D eigenvalue weighted by molar-refractivity contribution is 5.81. The van der Waals surface area contributed by atoms with Crippen LogP contribution in [0.1, 0.15) is 5.56 Å². The Morgan fingerprint density at radius 2 is 2.26 bits per heavy atom. The van der Waals surface area contributed by atoms with Gasteiger partial charge in [0.2, 0.25) is 5.91 Å². The van der Waals surface area contributed by atoms with Crippen LogP contribution in [0.15, 0.2) is 29.3 Å². The van der Waals surface area contributed by atoms with Gasteiger partial charge in [-0.05, 0) is 18.6 Å². The lowest BCUT2D eigenvalue weighted by atomic mass is 10.1. The highest BCUT2D eigenvalue weighted by Gasteiger charge is 2.08. The van der Waals surface area contributed by atoms with E-state index in [1.807, 2.05) is 13.0 Å². The van der Waals surface area contributed by atoms with E-state index in [1.54, 1.807) is 12.1 Å². The molecule has 6 heteroatoms. The molecule has 0 aliphatic carbocycles. The number of aliphatic hydroxyl groups excluding tert-OH is 1. The minimum Gasteiger partial charge on any atom is -0.395 e. The van der Waals surface area contributed by atoms with Gasteiger partial charge in [0.25, 0.3) is 5.56 Å². The minimum atomic E-state index is -0.329. The first-order chi connectivity index (χ1) is 9.13. The van der Waals surface area contributed by atoms with Gasteiger partial charge in [-0.25, -0.2) is 4.98 Å². The Balaban J connectivity index is 2.33. The summed E-state index contributed by atoms with van der Waals surface area (Å²) in [5.41, 5.74) is 1.33. The largest absolute Gasteiger partial charge is 0.395 e. The van der Waals surface area contributed by atoms with E-state index in [2.05, 4.69) is 10.3 Å². The van der Waals surface area contributed by atoms with E-state index in [-0.39, 0.29) is 31.2 Å². The first kappa shape index (κ1) is 13.2. The molecule has 2 N–H and O–H groups in total. The molecule has 6 nitrogen and oxygen atoms in total. The van der Waals surface area contributed by atoms with E-state index >= 15 is 0 Å². The van der Waals surface area contributed by atoms with Gasteiger partial charge in [0.05, 0.1) is 23.8 Å². The van der Waals surface area contributed by atoms with E-state index in [4.69, 9.17) is 5.11 Å². The number of hydrogen-bond donors (Lipinski definition) is 2. The van der Waals surface area contributed by atoms with Gasteiger partial charge in [-0.15, -0.1) is 0 Å². The van der Waals surface area contributed by atoms with Gasteiger partial charge >= 0.3 is 0 Å². The van der Waals surface area contributed by atoms with Crippen LogP contribution in [0.25, 0.3) is 10.9 Å². The zero-order valence-corrected chi connectivity index (χ0v) is 10.6. The number of para-hydroxylation sites is 1.